The van der Waals surface area contributed by atoms with Gasteiger partial charge in [0, 0.05) is 25.7 Å². The Balaban J connectivity index is 3.30. The lowest BCUT2D eigenvalue weighted by molar-refractivity contribution is -0.869. The minimum Gasteiger partial charge on any atom is -0.330 e. The Labute approximate surface area is 89.7 Å². The van der Waals surface area contributed by atoms with Crippen molar-refractivity contribution >= 4 is 0 Å². The average Bonchev–Trinajstić information content (AvgIpc) is 2.01. The van der Waals surface area contributed by atoms with Crippen molar-refractivity contribution in [1.29, 1.82) is 0 Å². The average molecular weight is 202 g/mol. The number of quaternary nitrogens is 1. The summed E-state index contributed by atoms with van der Waals surface area (Å²) in [6.45, 7) is 8.97. The van der Waals surface area contributed by atoms with Crippen molar-refractivity contribution in [2.75, 3.05) is 54.4 Å². The number of likely N-dealkylation sites (N-methyl/N-ethyl adjacent to an activating group) is 2. The molecule has 0 aromatic carbocycles. The molecule has 0 aromatic rings. The molecule has 0 unspecified atom stereocenters. The molecule has 0 aliphatic rings. The van der Waals surface area contributed by atoms with E-state index in [4.69, 9.17) is 0 Å². The molecule has 0 saturated carbocycles. The number of hydrogen-bond acceptors (Lipinski definition) is 2. The number of nitrogens with one attached hydrogen (secondary N) is 1. The molecule has 3 heteroatoms. The fourth-order valence-corrected chi connectivity index (χ4v) is 1.05. The SMILES string of the molecule is CC(C)N(C)CCNCC[N+](C)(C)C. The molecule has 0 heterocycles. The summed E-state index contributed by atoms with van der Waals surface area (Å²) in [5.41, 5.74) is 0. The van der Waals surface area contributed by atoms with E-state index < -0.39 is 0 Å². The molecule has 0 fully saturated rings. The summed E-state index contributed by atoms with van der Waals surface area (Å²) in [6.07, 6.45) is 0. The first-order chi connectivity index (χ1) is 6.33. The Bertz CT molecular complexity index is 138. The monoisotopic (exact) mass is 202 g/mol. The van der Waals surface area contributed by atoms with Crippen molar-refractivity contribution in [3.05, 3.63) is 0 Å². The predicted octanol–water partition coefficient (Wildman–Crippen LogP) is 0.622. The summed E-state index contributed by atoms with van der Waals surface area (Å²) in [7, 11) is 8.85. The van der Waals surface area contributed by atoms with Gasteiger partial charge in [-0.2, -0.15) is 0 Å². The van der Waals surface area contributed by atoms with Gasteiger partial charge in [-0.1, -0.05) is 0 Å². The van der Waals surface area contributed by atoms with Crippen LogP contribution in [-0.2, 0) is 0 Å². The molecule has 1 N–H and O–H groups in total. The van der Waals surface area contributed by atoms with Crippen LogP contribution in [0.4, 0.5) is 0 Å². The highest BCUT2D eigenvalue weighted by molar-refractivity contribution is 4.58. The minimum atomic E-state index is 0.648. The molecule has 0 spiro atoms. The van der Waals surface area contributed by atoms with Gasteiger partial charge in [0.1, 0.15) is 0 Å². The van der Waals surface area contributed by atoms with Gasteiger partial charge in [-0.05, 0) is 20.9 Å². The van der Waals surface area contributed by atoms with Crippen molar-refractivity contribution in [3.8, 4) is 0 Å². The van der Waals surface area contributed by atoms with Gasteiger partial charge < -0.3 is 14.7 Å². The molecular formula is C11H28N3+. The van der Waals surface area contributed by atoms with Crippen molar-refractivity contribution in [2.24, 2.45) is 0 Å². The third-order valence-corrected chi connectivity index (χ3v) is 2.48. The lowest BCUT2D eigenvalue weighted by atomic mass is 10.3. The van der Waals surface area contributed by atoms with E-state index in [2.05, 4.69) is 52.3 Å². The van der Waals surface area contributed by atoms with Crippen molar-refractivity contribution in [3.63, 3.8) is 0 Å². The van der Waals surface area contributed by atoms with Crippen molar-refractivity contribution < 1.29 is 4.48 Å². The molecule has 3 nitrogen and oxygen atoms in total. The highest BCUT2D eigenvalue weighted by atomic mass is 15.3. The second kappa shape index (κ2) is 6.38. The van der Waals surface area contributed by atoms with E-state index in [1.54, 1.807) is 0 Å². The van der Waals surface area contributed by atoms with Gasteiger partial charge in [-0.25, -0.2) is 0 Å². The first kappa shape index (κ1) is 13.9. The van der Waals surface area contributed by atoms with Crippen molar-refractivity contribution in [1.82, 2.24) is 10.2 Å². The molecule has 0 amide bonds. The maximum Gasteiger partial charge on any atom is 0.0907 e. The molecule has 14 heavy (non-hydrogen) atoms. The normalized spacial score (nSPS) is 12.9. The van der Waals surface area contributed by atoms with E-state index in [1.807, 2.05) is 0 Å². The van der Waals surface area contributed by atoms with Crippen LogP contribution in [0, 0.1) is 0 Å². The zero-order valence-electron chi connectivity index (χ0n) is 10.8. The second-order valence-electron chi connectivity index (χ2n) is 5.34. The molecule has 0 aliphatic heterocycles. The van der Waals surface area contributed by atoms with E-state index >= 15 is 0 Å². The molecule has 0 rings (SSSR count). The molecule has 0 atom stereocenters. The number of nitrogens with zero attached hydrogens (tertiary/aromatic N) is 2. The highest BCUT2D eigenvalue weighted by Gasteiger charge is 2.05. The van der Waals surface area contributed by atoms with Gasteiger partial charge in [0.15, 0.2) is 0 Å². The summed E-state index contributed by atoms with van der Waals surface area (Å²) in [6, 6.07) is 0.648. The summed E-state index contributed by atoms with van der Waals surface area (Å²) in [5, 5.41) is 3.47. The summed E-state index contributed by atoms with van der Waals surface area (Å²) >= 11 is 0. The van der Waals surface area contributed by atoms with Crippen LogP contribution in [0.1, 0.15) is 13.8 Å². The highest BCUT2D eigenvalue weighted by Crippen LogP contribution is 1.91. The maximum absolute atomic E-state index is 3.47. The fourth-order valence-electron chi connectivity index (χ4n) is 1.05. The smallest absolute Gasteiger partial charge is 0.0907 e. The predicted molar refractivity (Wildman–Crippen MR) is 63.5 cm³/mol. The van der Waals surface area contributed by atoms with Crippen LogP contribution in [-0.4, -0.2) is 69.8 Å². The van der Waals surface area contributed by atoms with Crippen LogP contribution in [0.2, 0.25) is 0 Å². The van der Waals surface area contributed by atoms with Crippen LogP contribution in [0.5, 0.6) is 0 Å². The van der Waals surface area contributed by atoms with Gasteiger partial charge >= 0.3 is 0 Å². The molecule has 0 aliphatic carbocycles. The maximum atomic E-state index is 3.47. The molecule has 0 bridgehead atoms. The lowest BCUT2D eigenvalue weighted by Crippen LogP contribution is -2.42. The summed E-state index contributed by atoms with van der Waals surface area (Å²) in [4.78, 5) is 2.36. The zero-order chi connectivity index (χ0) is 11.2. The van der Waals surface area contributed by atoms with E-state index in [-0.39, 0.29) is 0 Å². The van der Waals surface area contributed by atoms with E-state index in [0.717, 1.165) is 24.1 Å². The standard InChI is InChI=1S/C11H28N3/c1-11(2)13(3)9-7-12-8-10-14(4,5)6/h11-12H,7-10H2,1-6H3/q+1. The van der Waals surface area contributed by atoms with Crippen LogP contribution in [0.25, 0.3) is 0 Å². The molecule has 0 aromatic heterocycles. The third-order valence-electron chi connectivity index (χ3n) is 2.48. The zero-order valence-corrected chi connectivity index (χ0v) is 10.8. The second-order valence-corrected chi connectivity index (χ2v) is 5.34. The van der Waals surface area contributed by atoms with Gasteiger partial charge in [0.2, 0.25) is 0 Å². The first-order valence-corrected chi connectivity index (χ1v) is 5.54. The van der Waals surface area contributed by atoms with E-state index in [1.165, 1.54) is 6.54 Å². The number of rotatable bonds is 7. The Hall–Kier alpha value is -0.120. The fraction of sp³-hybridized carbons (Fsp3) is 1.00. The van der Waals surface area contributed by atoms with Gasteiger partial charge in [-0.3, -0.25) is 0 Å². The molecule has 0 radical (unpaired) electrons. The van der Waals surface area contributed by atoms with Gasteiger partial charge in [-0.15, -0.1) is 0 Å². The first-order valence-electron chi connectivity index (χ1n) is 5.54. The molecule has 0 saturated heterocycles. The Morgan fingerprint density at radius 3 is 2.14 bits per heavy atom. The van der Waals surface area contributed by atoms with E-state index in [9.17, 15) is 0 Å². The number of hydrogen-bond donors (Lipinski definition) is 1. The Kier molecular flexibility index (Phi) is 6.33. The van der Waals surface area contributed by atoms with Crippen LogP contribution < -0.4 is 5.32 Å². The lowest BCUT2D eigenvalue weighted by Gasteiger charge is -2.25. The molecule has 86 valence electrons. The van der Waals surface area contributed by atoms with Crippen molar-refractivity contribution in [2.45, 2.75) is 19.9 Å². The topological polar surface area (TPSA) is 15.3 Å². The van der Waals surface area contributed by atoms with Gasteiger partial charge in [0.25, 0.3) is 0 Å². The molecular weight excluding hydrogens is 174 g/mol. The summed E-state index contributed by atoms with van der Waals surface area (Å²) in [5.74, 6) is 0. The largest absolute Gasteiger partial charge is 0.330 e. The van der Waals surface area contributed by atoms with E-state index in [0.29, 0.717) is 6.04 Å². The van der Waals surface area contributed by atoms with Crippen LogP contribution in [0.15, 0.2) is 0 Å². The van der Waals surface area contributed by atoms with Crippen LogP contribution >= 0.6 is 0 Å². The third kappa shape index (κ3) is 8.48. The Morgan fingerprint density at radius 1 is 1.14 bits per heavy atom. The van der Waals surface area contributed by atoms with Crippen LogP contribution in [0.3, 0.4) is 0 Å². The minimum absolute atomic E-state index is 0.648. The quantitative estimate of drug-likeness (QED) is 0.481. The Morgan fingerprint density at radius 2 is 1.71 bits per heavy atom. The van der Waals surface area contributed by atoms with Gasteiger partial charge in [0.05, 0.1) is 27.7 Å². The summed E-state index contributed by atoms with van der Waals surface area (Å²) < 4.78 is 1.03.